The molecule has 18 heavy (non-hydrogen) atoms. The molecule has 6 nitrogen and oxygen atoms in total. The van der Waals surface area contributed by atoms with Crippen molar-refractivity contribution in [2.24, 2.45) is 5.73 Å². The highest BCUT2D eigenvalue weighted by Gasteiger charge is 2.14. The van der Waals surface area contributed by atoms with Crippen molar-refractivity contribution in [3.8, 4) is 0 Å². The smallest absolute Gasteiger partial charge is 0.273 e. The molecule has 0 aromatic heterocycles. The van der Waals surface area contributed by atoms with Crippen LogP contribution >= 0.6 is 12.4 Å². The lowest BCUT2D eigenvalue weighted by atomic mass is 10.1. The molecule has 3 N–H and O–H groups in total. The molecule has 0 radical (unpaired) electrons. The molecule has 1 aromatic rings. The molecule has 0 bridgehead atoms. The second-order valence-electron chi connectivity index (χ2n) is 3.66. The number of benzene rings is 1. The van der Waals surface area contributed by atoms with Crippen molar-refractivity contribution >= 4 is 24.0 Å². The van der Waals surface area contributed by atoms with E-state index in [1.165, 1.54) is 6.07 Å². The van der Waals surface area contributed by atoms with Crippen LogP contribution in [0.4, 0.5) is 5.69 Å². The largest absolute Gasteiger partial charge is 0.352 e. The van der Waals surface area contributed by atoms with Gasteiger partial charge in [-0.05, 0) is 26.0 Å². The number of halogens is 1. The first-order valence-corrected chi connectivity index (χ1v) is 5.29. The summed E-state index contributed by atoms with van der Waals surface area (Å²) >= 11 is 0. The van der Waals surface area contributed by atoms with Crippen molar-refractivity contribution in [2.45, 2.75) is 13.3 Å². The van der Waals surface area contributed by atoms with Crippen LogP contribution in [0.3, 0.4) is 0 Å². The Bertz CT molecular complexity index is 438. The zero-order valence-electron chi connectivity index (χ0n) is 10.0. The fourth-order valence-corrected chi connectivity index (χ4v) is 1.35. The highest BCUT2D eigenvalue weighted by Crippen LogP contribution is 2.19. The summed E-state index contributed by atoms with van der Waals surface area (Å²) in [6.07, 6.45) is 0.680. The molecule has 1 aromatic carbocycles. The molecular formula is C11H16ClN3O3. The van der Waals surface area contributed by atoms with Gasteiger partial charge in [0.15, 0.2) is 0 Å². The lowest BCUT2D eigenvalue weighted by Crippen LogP contribution is -2.26. The van der Waals surface area contributed by atoms with Gasteiger partial charge in [-0.1, -0.05) is 6.07 Å². The molecule has 0 atom stereocenters. The molecule has 1 rings (SSSR count). The zero-order chi connectivity index (χ0) is 12.8. The van der Waals surface area contributed by atoms with Gasteiger partial charge in [0.05, 0.1) is 4.92 Å². The van der Waals surface area contributed by atoms with E-state index in [-0.39, 0.29) is 24.0 Å². The number of nitrogens with zero attached hydrogens (tertiary/aromatic N) is 1. The first kappa shape index (κ1) is 16.3. The number of carbonyl (C=O) groups is 1. The maximum atomic E-state index is 11.6. The highest BCUT2D eigenvalue weighted by atomic mass is 35.5. The standard InChI is InChI=1S/C11H15N3O3.ClH/c1-8-3-4-9(7-10(8)14(16)17)11(15)13-6-2-5-12;/h3-4,7H,2,5-6,12H2,1H3,(H,13,15);1H. The highest BCUT2D eigenvalue weighted by molar-refractivity contribution is 5.94. The minimum atomic E-state index is -0.494. The first-order chi connectivity index (χ1) is 8.06. The number of nitrogens with one attached hydrogen (secondary N) is 1. The van der Waals surface area contributed by atoms with Crippen LogP contribution in [-0.2, 0) is 0 Å². The summed E-state index contributed by atoms with van der Waals surface area (Å²) in [4.78, 5) is 21.9. The number of nitro groups is 1. The fraction of sp³-hybridized carbons (Fsp3) is 0.364. The van der Waals surface area contributed by atoms with Crippen LogP contribution in [-0.4, -0.2) is 23.9 Å². The van der Waals surface area contributed by atoms with E-state index in [4.69, 9.17) is 5.73 Å². The summed E-state index contributed by atoms with van der Waals surface area (Å²) in [7, 11) is 0. The second-order valence-corrected chi connectivity index (χ2v) is 3.66. The molecular weight excluding hydrogens is 258 g/mol. The van der Waals surface area contributed by atoms with Gasteiger partial charge >= 0.3 is 0 Å². The predicted molar refractivity (Wildman–Crippen MR) is 71.1 cm³/mol. The molecule has 0 aliphatic heterocycles. The summed E-state index contributed by atoms with van der Waals surface area (Å²) in [6, 6.07) is 4.42. The monoisotopic (exact) mass is 273 g/mol. The average Bonchev–Trinajstić information content (AvgIpc) is 2.29. The van der Waals surface area contributed by atoms with E-state index in [9.17, 15) is 14.9 Å². The number of nitrogens with two attached hydrogens (primary N) is 1. The number of aryl methyl sites for hydroxylation is 1. The molecule has 0 fully saturated rings. The SMILES string of the molecule is Cc1ccc(C(=O)NCCCN)cc1[N+](=O)[O-].Cl. The van der Waals surface area contributed by atoms with Gasteiger partial charge in [0, 0.05) is 23.7 Å². The summed E-state index contributed by atoms with van der Waals surface area (Å²) in [6.45, 7) is 2.60. The van der Waals surface area contributed by atoms with E-state index in [1.54, 1.807) is 19.1 Å². The second kappa shape index (κ2) is 7.62. The van der Waals surface area contributed by atoms with Crippen LogP contribution in [0, 0.1) is 17.0 Å². The fourth-order valence-electron chi connectivity index (χ4n) is 1.35. The van der Waals surface area contributed by atoms with Gasteiger partial charge in [-0.3, -0.25) is 14.9 Å². The van der Waals surface area contributed by atoms with E-state index in [0.717, 1.165) is 0 Å². The topological polar surface area (TPSA) is 98.3 Å². The van der Waals surface area contributed by atoms with Crippen LogP contribution in [0.15, 0.2) is 18.2 Å². The maximum absolute atomic E-state index is 11.6. The number of hydrogen-bond acceptors (Lipinski definition) is 4. The summed E-state index contributed by atoms with van der Waals surface area (Å²) in [5.41, 5.74) is 6.08. The van der Waals surface area contributed by atoms with Crippen molar-refractivity contribution in [3.05, 3.63) is 39.4 Å². The molecule has 0 aliphatic rings. The molecule has 0 heterocycles. The van der Waals surface area contributed by atoms with E-state index in [2.05, 4.69) is 5.32 Å². The molecule has 0 aliphatic carbocycles. The Balaban J connectivity index is 0.00000289. The Hall–Kier alpha value is -1.66. The Kier molecular flexibility index (Phi) is 6.92. The minimum Gasteiger partial charge on any atom is -0.352 e. The third-order valence-corrected chi connectivity index (χ3v) is 2.33. The average molecular weight is 274 g/mol. The van der Waals surface area contributed by atoms with Crippen LogP contribution in [0.5, 0.6) is 0 Å². The Morgan fingerprint density at radius 1 is 1.50 bits per heavy atom. The number of rotatable bonds is 5. The molecule has 0 saturated carbocycles. The minimum absolute atomic E-state index is 0. The van der Waals surface area contributed by atoms with Crippen molar-refractivity contribution in [1.82, 2.24) is 5.32 Å². The molecule has 0 unspecified atom stereocenters. The van der Waals surface area contributed by atoms with E-state index < -0.39 is 4.92 Å². The molecule has 1 amide bonds. The van der Waals surface area contributed by atoms with Crippen molar-refractivity contribution in [2.75, 3.05) is 13.1 Å². The van der Waals surface area contributed by atoms with E-state index >= 15 is 0 Å². The lowest BCUT2D eigenvalue weighted by molar-refractivity contribution is -0.385. The van der Waals surface area contributed by atoms with Gasteiger partial charge in [0.2, 0.25) is 0 Å². The third kappa shape index (κ3) is 4.31. The third-order valence-electron chi connectivity index (χ3n) is 2.33. The molecule has 100 valence electrons. The molecule has 7 heteroatoms. The van der Waals surface area contributed by atoms with Crippen LogP contribution < -0.4 is 11.1 Å². The van der Waals surface area contributed by atoms with Crippen molar-refractivity contribution < 1.29 is 9.72 Å². The normalized spacial score (nSPS) is 9.44. The number of carbonyl (C=O) groups excluding carboxylic acids is 1. The van der Waals surface area contributed by atoms with Gasteiger partial charge in [0.1, 0.15) is 0 Å². The van der Waals surface area contributed by atoms with Gasteiger partial charge in [-0.15, -0.1) is 12.4 Å². The van der Waals surface area contributed by atoms with Crippen LogP contribution in [0.1, 0.15) is 22.3 Å². The Morgan fingerprint density at radius 3 is 2.72 bits per heavy atom. The van der Waals surface area contributed by atoms with Crippen molar-refractivity contribution in [3.63, 3.8) is 0 Å². The Morgan fingerprint density at radius 2 is 2.17 bits per heavy atom. The first-order valence-electron chi connectivity index (χ1n) is 5.29. The summed E-state index contributed by atoms with van der Waals surface area (Å²) < 4.78 is 0. The van der Waals surface area contributed by atoms with Gasteiger partial charge in [0.25, 0.3) is 11.6 Å². The van der Waals surface area contributed by atoms with Gasteiger partial charge < -0.3 is 11.1 Å². The summed E-state index contributed by atoms with van der Waals surface area (Å²) in [5, 5.41) is 13.4. The van der Waals surface area contributed by atoms with Crippen LogP contribution in [0.2, 0.25) is 0 Å². The number of hydrogen-bond donors (Lipinski definition) is 2. The molecule has 0 saturated heterocycles. The predicted octanol–water partition coefficient (Wildman–Crippen LogP) is 1.40. The van der Waals surface area contributed by atoms with E-state index in [0.29, 0.717) is 30.6 Å². The van der Waals surface area contributed by atoms with Crippen LogP contribution in [0.25, 0.3) is 0 Å². The zero-order valence-corrected chi connectivity index (χ0v) is 10.8. The Labute approximate surface area is 111 Å². The molecule has 0 spiro atoms. The number of amides is 1. The quantitative estimate of drug-likeness (QED) is 0.481. The van der Waals surface area contributed by atoms with Gasteiger partial charge in [-0.25, -0.2) is 0 Å². The lowest BCUT2D eigenvalue weighted by Gasteiger charge is -2.05. The summed E-state index contributed by atoms with van der Waals surface area (Å²) in [5.74, 6) is -0.318. The van der Waals surface area contributed by atoms with Gasteiger partial charge in [-0.2, -0.15) is 0 Å². The van der Waals surface area contributed by atoms with Crippen molar-refractivity contribution in [1.29, 1.82) is 0 Å². The van der Waals surface area contributed by atoms with E-state index in [1.807, 2.05) is 0 Å². The number of nitro benzene ring substituents is 1. The maximum Gasteiger partial charge on any atom is 0.273 e.